The molecule has 4 heteroatoms. The van der Waals surface area contributed by atoms with Crippen LogP contribution in [0.3, 0.4) is 0 Å². The van der Waals surface area contributed by atoms with E-state index < -0.39 is 0 Å². The zero-order chi connectivity index (χ0) is 13.6. The zero-order valence-electron chi connectivity index (χ0n) is 11.9. The Morgan fingerprint density at radius 3 is 2.61 bits per heavy atom. The van der Waals surface area contributed by atoms with Gasteiger partial charge in [0.1, 0.15) is 0 Å². The number of carbonyl (C=O) groups excluding carboxylic acids is 1. The molecule has 1 saturated carbocycles. The molecule has 2 atom stereocenters. The first-order valence-electron chi connectivity index (χ1n) is 6.93. The standard InChI is InChI=1S/C14H27NO3/c1-14(2,17-3)9-10-18-13(16)11-7-5-4-6-8-12(11)15/h11-12H,4-10,15H2,1-3H3. The molecule has 0 bridgehead atoms. The Kier molecular flexibility index (Phi) is 6.09. The van der Waals surface area contributed by atoms with Crippen LogP contribution < -0.4 is 5.73 Å². The van der Waals surface area contributed by atoms with Crippen LogP contribution in [0.2, 0.25) is 0 Å². The van der Waals surface area contributed by atoms with Crippen molar-refractivity contribution in [3.8, 4) is 0 Å². The molecule has 2 N–H and O–H groups in total. The number of nitrogens with two attached hydrogens (primary N) is 1. The molecule has 4 nitrogen and oxygen atoms in total. The number of ether oxygens (including phenoxy) is 2. The van der Waals surface area contributed by atoms with Crippen LogP contribution in [-0.4, -0.2) is 31.3 Å². The van der Waals surface area contributed by atoms with E-state index in [-0.39, 0.29) is 23.5 Å². The summed E-state index contributed by atoms with van der Waals surface area (Å²) in [7, 11) is 1.67. The van der Waals surface area contributed by atoms with Gasteiger partial charge in [0.05, 0.1) is 18.1 Å². The van der Waals surface area contributed by atoms with Crippen LogP contribution in [0, 0.1) is 5.92 Å². The molecule has 0 aromatic rings. The average molecular weight is 257 g/mol. The van der Waals surface area contributed by atoms with Crippen LogP contribution in [0.1, 0.15) is 52.4 Å². The van der Waals surface area contributed by atoms with Gasteiger partial charge < -0.3 is 15.2 Å². The first kappa shape index (κ1) is 15.4. The van der Waals surface area contributed by atoms with Crippen molar-refractivity contribution < 1.29 is 14.3 Å². The zero-order valence-corrected chi connectivity index (χ0v) is 11.9. The summed E-state index contributed by atoms with van der Waals surface area (Å²) in [6.07, 6.45) is 5.89. The maximum Gasteiger partial charge on any atom is 0.310 e. The normalized spacial score (nSPS) is 25.6. The largest absolute Gasteiger partial charge is 0.465 e. The number of methoxy groups -OCH3 is 1. The van der Waals surface area contributed by atoms with Gasteiger partial charge in [0.15, 0.2) is 0 Å². The SMILES string of the molecule is COC(C)(C)CCOC(=O)C1CCCCCC1N. The molecule has 0 saturated heterocycles. The van der Waals surface area contributed by atoms with Crippen molar-refractivity contribution >= 4 is 5.97 Å². The minimum atomic E-state index is -0.244. The summed E-state index contributed by atoms with van der Waals surface area (Å²) >= 11 is 0. The number of esters is 1. The Morgan fingerprint density at radius 2 is 1.94 bits per heavy atom. The summed E-state index contributed by atoms with van der Waals surface area (Å²) in [5, 5.41) is 0. The molecule has 2 unspecified atom stereocenters. The number of hydrogen-bond acceptors (Lipinski definition) is 4. The van der Waals surface area contributed by atoms with E-state index in [1.807, 2.05) is 13.8 Å². The molecule has 0 heterocycles. The van der Waals surface area contributed by atoms with Gasteiger partial charge in [0.2, 0.25) is 0 Å². The van der Waals surface area contributed by atoms with E-state index >= 15 is 0 Å². The molecule has 0 aromatic heterocycles. The van der Waals surface area contributed by atoms with Gasteiger partial charge in [-0.1, -0.05) is 19.3 Å². The fraction of sp³-hybridized carbons (Fsp3) is 0.929. The molecule has 106 valence electrons. The maximum absolute atomic E-state index is 12.0. The highest BCUT2D eigenvalue weighted by atomic mass is 16.5. The Balaban J connectivity index is 2.35. The van der Waals surface area contributed by atoms with E-state index in [1.165, 1.54) is 6.42 Å². The van der Waals surface area contributed by atoms with Gasteiger partial charge >= 0.3 is 5.97 Å². The van der Waals surface area contributed by atoms with E-state index in [9.17, 15) is 4.79 Å². The van der Waals surface area contributed by atoms with Crippen molar-refractivity contribution in [3.63, 3.8) is 0 Å². The van der Waals surface area contributed by atoms with Gasteiger partial charge in [-0.15, -0.1) is 0 Å². The van der Waals surface area contributed by atoms with Gasteiger partial charge in [-0.05, 0) is 26.7 Å². The molecule has 0 spiro atoms. The minimum absolute atomic E-state index is 0.0320. The molecule has 0 aliphatic heterocycles. The lowest BCUT2D eigenvalue weighted by Gasteiger charge is -2.24. The fourth-order valence-corrected chi connectivity index (χ4v) is 2.24. The summed E-state index contributed by atoms with van der Waals surface area (Å²) in [4.78, 5) is 12.0. The summed E-state index contributed by atoms with van der Waals surface area (Å²) in [6, 6.07) is -0.0320. The number of carbonyl (C=O) groups is 1. The third kappa shape index (κ3) is 4.94. The molecule has 18 heavy (non-hydrogen) atoms. The fourth-order valence-electron chi connectivity index (χ4n) is 2.24. The van der Waals surface area contributed by atoms with Crippen LogP contribution in [0.5, 0.6) is 0 Å². The Bertz CT molecular complexity index is 266. The summed E-state index contributed by atoms with van der Waals surface area (Å²) in [5.41, 5.74) is 5.79. The van der Waals surface area contributed by atoms with Crippen LogP contribution in [-0.2, 0) is 14.3 Å². The van der Waals surface area contributed by atoms with Crippen LogP contribution in [0.25, 0.3) is 0 Å². The predicted molar refractivity (Wildman–Crippen MR) is 71.2 cm³/mol. The average Bonchev–Trinajstić information content (AvgIpc) is 2.53. The van der Waals surface area contributed by atoms with Crippen LogP contribution in [0.15, 0.2) is 0 Å². The van der Waals surface area contributed by atoms with E-state index in [1.54, 1.807) is 7.11 Å². The molecule has 0 radical (unpaired) electrons. The summed E-state index contributed by atoms with van der Waals surface area (Å²) < 4.78 is 10.6. The number of hydrogen-bond donors (Lipinski definition) is 1. The van der Waals surface area contributed by atoms with Crippen molar-refractivity contribution in [1.82, 2.24) is 0 Å². The Morgan fingerprint density at radius 1 is 1.28 bits per heavy atom. The highest BCUT2D eigenvalue weighted by Crippen LogP contribution is 2.23. The van der Waals surface area contributed by atoms with Crippen LogP contribution in [0.4, 0.5) is 0 Å². The van der Waals surface area contributed by atoms with Gasteiger partial charge in [-0.25, -0.2) is 0 Å². The summed E-state index contributed by atoms with van der Waals surface area (Å²) in [6.45, 7) is 4.37. The monoisotopic (exact) mass is 257 g/mol. The minimum Gasteiger partial charge on any atom is -0.465 e. The lowest BCUT2D eigenvalue weighted by molar-refractivity contribution is -0.151. The molecule has 1 rings (SSSR count). The first-order valence-corrected chi connectivity index (χ1v) is 6.93. The molecule has 1 aliphatic carbocycles. The molecular formula is C14H27NO3. The van der Waals surface area contributed by atoms with Gasteiger partial charge in [-0.3, -0.25) is 4.79 Å². The van der Waals surface area contributed by atoms with Crippen molar-refractivity contribution in [3.05, 3.63) is 0 Å². The third-order valence-corrected chi connectivity index (χ3v) is 3.87. The lowest BCUT2D eigenvalue weighted by atomic mass is 9.96. The molecule has 1 aliphatic rings. The molecule has 0 aromatic carbocycles. The number of rotatable bonds is 5. The lowest BCUT2D eigenvalue weighted by Crippen LogP contribution is -2.36. The first-order chi connectivity index (χ1) is 8.46. The van der Waals surface area contributed by atoms with Gasteiger partial charge in [0.25, 0.3) is 0 Å². The van der Waals surface area contributed by atoms with Crippen LogP contribution >= 0.6 is 0 Å². The topological polar surface area (TPSA) is 61.5 Å². The smallest absolute Gasteiger partial charge is 0.310 e. The maximum atomic E-state index is 12.0. The highest BCUT2D eigenvalue weighted by Gasteiger charge is 2.28. The van der Waals surface area contributed by atoms with Crippen molar-refractivity contribution in [2.45, 2.75) is 64.0 Å². The third-order valence-electron chi connectivity index (χ3n) is 3.87. The molecular weight excluding hydrogens is 230 g/mol. The second-order valence-corrected chi connectivity index (χ2v) is 5.79. The van der Waals surface area contributed by atoms with Crippen molar-refractivity contribution in [1.29, 1.82) is 0 Å². The van der Waals surface area contributed by atoms with E-state index in [0.717, 1.165) is 25.7 Å². The highest BCUT2D eigenvalue weighted by molar-refractivity contribution is 5.73. The molecule has 1 fully saturated rings. The van der Waals surface area contributed by atoms with Gasteiger partial charge in [-0.2, -0.15) is 0 Å². The molecule has 0 amide bonds. The van der Waals surface area contributed by atoms with E-state index in [2.05, 4.69) is 0 Å². The Hall–Kier alpha value is -0.610. The second kappa shape index (κ2) is 7.10. The predicted octanol–water partition coefficient (Wildman–Crippen LogP) is 2.25. The quantitative estimate of drug-likeness (QED) is 0.606. The van der Waals surface area contributed by atoms with E-state index in [4.69, 9.17) is 15.2 Å². The van der Waals surface area contributed by atoms with E-state index in [0.29, 0.717) is 13.0 Å². The Labute approximate surface area is 110 Å². The van der Waals surface area contributed by atoms with Gasteiger partial charge in [0, 0.05) is 19.6 Å². The summed E-state index contributed by atoms with van der Waals surface area (Å²) in [5.74, 6) is -0.241. The van der Waals surface area contributed by atoms with Crippen molar-refractivity contribution in [2.24, 2.45) is 11.7 Å². The van der Waals surface area contributed by atoms with Crippen molar-refractivity contribution in [2.75, 3.05) is 13.7 Å². The second-order valence-electron chi connectivity index (χ2n) is 5.79.